The van der Waals surface area contributed by atoms with Gasteiger partial charge in [0.1, 0.15) is 6.07 Å². The number of likely N-dealkylation sites (tertiary alicyclic amines) is 1. The number of rotatable bonds is 2. The number of nitrogens with one attached hydrogen (secondary N) is 1. The molecule has 1 N–H and O–H groups in total. The summed E-state index contributed by atoms with van der Waals surface area (Å²) in [7, 11) is 0. The van der Waals surface area contributed by atoms with Crippen LogP contribution in [0.1, 0.15) is 33.1 Å². The first-order valence-corrected chi connectivity index (χ1v) is 11.4. The van der Waals surface area contributed by atoms with Gasteiger partial charge in [0.05, 0.1) is 12.5 Å². The van der Waals surface area contributed by atoms with Gasteiger partial charge in [-0.2, -0.15) is 5.26 Å². The Hall–Kier alpha value is -2.20. The first-order valence-electron chi connectivity index (χ1n) is 11.9. The predicted molar refractivity (Wildman–Crippen MR) is 119 cm³/mol. The molecule has 2 unspecified atom stereocenters. The van der Waals surface area contributed by atoms with E-state index >= 15 is 0 Å². The minimum atomic E-state index is 0.211. The van der Waals surface area contributed by atoms with Crippen LogP contribution in [-0.4, -0.2) is 77.7 Å². The summed E-state index contributed by atoms with van der Waals surface area (Å²) in [5.41, 5.74) is 2.36. The number of hydrogen-bond donors (Lipinski definition) is 1. The van der Waals surface area contributed by atoms with E-state index in [2.05, 4.69) is 44.1 Å². The largest absolute Gasteiger partial charge is 0.368 e. The van der Waals surface area contributed by atoms with Crippen LogP contribution in [0.25, 0.3) is 10.9 Å². The second kappa shape index (κ2) is 7.19. The van der Waals surface area contributed by atoms with Gasteiger partial charge in [-0.05, 0) is 50.5 Å². The molecular weight excluding hydrogens is 372 g/mol. The first kappa shape index (κ1) is 17.5. The maximum atomic E-state index is 9.51. The van der Waals surface area contributed by atoms with Crippen molar-refractivity contribution in [2.75, 3.05) is 37.6 Å². The predicted octanol–water partition coefficient (Wildman–Crippen LogP) is 2.19. The average Bonchev–Trinajstić information content (AvgIpc) is 3.35. The minimum Gasteiger partial charge on any atom is -0.368 e. The number of nitriles is 1. The number of anilines is 1. The van der Waals surface area contributed by atoms with Crippen molar-refractivity contribution >= 4 is 16.6 Å². The van der Waals surface area contributed by atoms with E-state index in [4.69, 9.17) is 1.37 Å². The molecule has 0 saturated carbocycles. The van der Waals surface area contributed by atoms with Gasteiger partial charge in [-0.25, -0.2) is 0 Å². The lowest BCUT2D eigenvalue weighted by molar-refractivity contribution is 0.128. The number of fused-ring (bicyclic) bond motifs is 4. The molecule has 30 heavy (non-hydrogen) atoms. The highest BCUT2D eigenvalue weighted by Crippen LogP contribution is 2.35. The van der Waals surface area contributed by atoms with Crippen molar-refractivity contribution < 1.29 is 1.37 Å². The second-order valence-electron chi connectivity index (χ2n) is 9.67. The molecule has 0 aliphatic carbocycles. The Kier molecular flexibility index (Phi) is 4.19. The molecule has 2 aromatic rings. The van der Waals surface area contributed by atoms with Crippen LogP contribution in [0, 0.1) is 11.3 Å². The molecule has 156 valence electrons. The Bertz CT molecular complexity index is 1040. The molecule has 5 heterocycles. The summed E-state index contributed by atoms with van der Waals surface area (Å²) in [6.45, 7) is 7.97. The molecule has 6 heteroatoms. The molecule has 1 aromatic heterocycles. The highest BCUT2D eigenvalue weighted by molar-refractivity contribution is 5.95. The van der Waals surface area contributed by atoms with Gasteiger partial charge in [-0.3, -0.25) is 14.8 Å². The van der Waals surface area contributed by atoms with Crippen molar-refractivity contribution in [3.05, 3.63) is 36.0 Å². The van der Waals surface area contributed by atoms with Gasteiger partial charge in [-0.15, -0.1) is 0 Å². The van der Waals surface area contributed by atoms with Crippen molar-refractivity contribution in [3.63, 3.8) is 0 Å². The van der Waals surface area contributed by atoms with Crippen LogP contribution in [0.5, 0.6) is 0 Å². The molecular formula is C24H30N6. The SMILES string of the molecule is [2H]c1ccc2c(N3C[C@@H]4C[C@H](N5CC6CCC(C5)N6)CN4[C@H](C)C3)ccc(C#N)c2n1. The van der Waals surface area contributed by atoms with Gasteiger partial charge < -0.3 is 10.2 Å². The lowest BCUT2D eigenvalue weighted by Gasteiger charge is -2.43. The summed E-state index contributed by atoms with van der Waals surface area (Å²) in [5, 5.41) is 14.3. The summed E-state index contributed by atoms with van der Waals surface area (Å²) in [4.78, 5) is 12.4. The van der Waals surface area contributed by atoms with Crippen molar-refractivity contribution in [1.82, 2.24) is 20.1 Å². The zero-order valence-electron chi connectivity index (χ0n) is 18.6. The topological polar surface area (TPSA) is 58.4 Å². The minimum absolute atomic E-state index is 0.211. The van der Waals surface area contributed by atoms with Crippen LogP contribution in [0.3, 0.4) is 0 Å². The van der Waals surface area contributed by atoms with E-state index in [0.717, 1.165) is 24.2 Å². The lowest BCUT2D eigenvalue weighted by atomic mass is 10.0. The van der Waals surface area contributed by atoms with Gasteiger partial charge in [-0.1, -0.05) is 0 Å². The average molecular weight is 404 g/mol. The number of benzene rings is 1. The summed E-state index contributed by atoms with van der Waals surface area (Å²) in [6.07, 6.45) is 4.13. The van der Waals surface area contributed by atoms with E-state index in [0.29, 0.717) is 41.3 Å². The van der Waals surface area contributed by atoms with Crippen LogP contribution in [0.2, 0.25) is 0 Å². The van der Waals surface area contributed by atoms with Crippen molar-refractivity contribution in [3.8, 4) is 6.07 Å². The van der Waals surface area contributed by atoms with Crippen LogP contribution >= 0.6 is 0 Å². The third-order valence-electron chi connectivity index (χ3n) is 7.83. The zero-order chi connectivity index (χ0) is 21.1. The molecule has 0 radical (unpaired) electrons. The van der Waals surface area contributed by atoms with E-state index in [1.165, 1.54) is 38.9 Å². The van der Waals surface area contributed by atoms with E-state index in [1.807, 2.05) is 12.1 Å². The first-order chi connectivity index (χ1) is 15.1. The van der Waals surface area contributed by atoms with Crippen LogP contribution < -0.4 is 10.2 Å². The number of aromatic nitrogens is 1. The number of hydrogen-bond acceptors (Lipinski definition) is 6. The Morgan fingerprint density at radius 1 is 1.10 bits per heavy atom. The molecule has 0 amide bonds. The fourth-order valence-electron chi connectivity index (χ4n) is 6.45. The molecule has 4 aliphatic heterocycles. The Morgan fingerprint density at radius 2 is 1.93 bits per heavy atom. The fraction of sp³-hybridized carbons (Fsp3) is 0.583. The molecule has 4 fully saturated rings. The van der Waals surface area contributed by atoms with E-state index in [-0.39, 0.29) is 6.17 Å². The smallest absolute Gasteiger partial charge is 0.101 e. The zero-order valence-corrected chi connectivity index (χ0v) is 17.6. The number of pyridine rings is 1. The van der Waals surface area contributed by atoms with Gasteiger partial charge in [0, 0.05) is 80.2 Å². The quantitative estimate of drug-likeness (QED) is 0.830. The molecule has 5 atom stereocenters. The Labute approximate surface area is 179 Å². The normalized spacial score (nSPS) is 34.7. The molecule has 4 saturated heterocycles. The highest BCUT2D eigenvalue weighted by atomic mass is 15.4. The monoisotopic (exact) mass is 403 g/mol. The van der Waals surface area contributed by atoms with Crippen molar-refractivity contribution in [2.45, 2.75) is 56.4 Å². The van der Waals surface area contributed by atoms with Crippen molar-refractivity contribution in [2.24, 2.45) is 0 Å². The molecule has 6 nitrogen and oxygen atoms in total. The van der Waals surface area contributed by atoms with Gasteiger partial charge in [0.25, 0.3) is 0 Å². The Morgan fingerprint density at radius 3 is 2.73 bits per heavy atom. The Balaban J connectivity index is 1.25. The van der Waals surface area contributed by atoms with E-state index < -0.39 is 0 Å². The van der Waals surface area contributed by atoms with Crippen LogP contribution in [0.4, 0.5) is 5.69 Å². The number of nitrogens with zero attached hydrogens (tertiary/aromatic N) is 5. The van der Waals surface area contributed by atoms with Gasteiger partial charge in [0.15, 0.2) is 0 Å². The standard InChI is InChI=1S/C24H30N6/c1-16-11-29(23-7-4-17(10-25)24-22(23)3-2-8-26-24)14-21-9-20(15-30(16)21)28-12-18-5-6-19(13-28)27-18/h2-4,7-8,16,18-21,27H,5-6,9,11-15H2,1H3/t16-,18?,19?,20+,21+/m1/s1/i8D. The fourth-order valence-corrected chi connectivity index (χ4v) is 6.45. The molecule has 6 rings (SSSR count). The highest BCUT2D eigenvalue weighted by Gasteiger charge is 2.44. The van der Waals surface area contributed by atoms with Crippen molar-refractivity contribution in [1.29, 1.82) is 5.26 Å². The maximum absolute atomic E-state index is 9.51. The maximum Gasteiger partial charge on any atom is 0.101 e. The van der Waals surface area contributed by atoms with Gasteiger partial charge in [0.2, 0.25) is 0 Å². The second-order valence-corrected chi connectivity index (χ2v) is 9.67. The summed E-state index contributed by atoms with van der Waals surface area (Å²) < 4.78 is 7.89. The van der Waals surface area contributed by atoms with Gasteiger partial charge >= 0.3 is 0 Å². The third-order valence-corrected chi connectivity index (χ3v) is 7.83. The summed E-state index contributed by atoms with van der Waals surface area (Å²) in [6, 6.07) is 13.0. The van der Waals surface area contributed by atoms with Crippen LogP contribution in [-0.2, 0) is 0 Å². The van der Waals surface area contributed by atoms with Crippen LogP contribution in [0.15, 0.2) is 30.4 Å². The van der Waals surface area contributed by atoms with E-state index in [9.17, 15) is 5.26 Å². The summed E-state index contributed by atoms with van der Waals surface area (Å²) in [5.74, 6) is 0. The molecule has 1 aromatic carbocycles. The number of piperazine rings is 2. The molecule has 0 spiro atoms. The summed E-state index contributed by atoms with van der Waals surface area (Å²) >= 11 is 0. The lowest BCUT2D eigenvalue weighted by Crippen LogP contribution is -2.56. The molecule has 4 aliphatic rings. The third kappa shape index (κ3) is 2.99. The molecule has 2 bridgehead atoms. The van der Waals surface area contributed by atoms with E-state index in [1.54, 1.807) is 6.07 Å².